The molecule has 0 aliphatic heterocycles. The maximum Gasteiger partial charge on any atom is 0.0247 e. The molecule has 0 radical (unpaired) electrons. The summed E-state index contributed by atoms with van der Waals surface area (Å²) in [5.41, 5.74) is 1.30. The number of allylic oxidation sites excluding steroid dienone is 1. The summed E-state index contributed by atoms with van der Waals surface area (Å²) in [6.07, 6.45) is 0. The van der Waals surface area contributed by atoms with E-state index in [4.69, 9.17) is 0 Å². The van der Waals surface area contributed by atoms with Crippen LogP contribution in [0.4, 0.5) is 0 Å². The molecule has 0 nitrogen and oxygen atoms in total. The van der Waals surface area contributed by atoms with Gasteiger partial charge in [0.25, 0.3) is 0 Å². The van der Waals surface area contributed by atoms with Crippen molar-refractivity contribution in [2.24, 2.45) is 0 Å². The highest BCUT2D eigenvalue weighted by Crippen LogP contribution is 1.99. The van der Waals surface area contributed by atoms with Gasteiger partial charge in [0.1, 0.15) is 0 Å². The second-order valence-corrected chi connectivity index (χ2v) is 2.11. The maximum absolute atomic E-state index is 3.28. The minimum atomic E-state index is 0.957. The van der Waals surface area contributed by atoms with Gasteiger partial charge in [-0.1, -0.05) is 37.4 Å². The van der Waals surface area contributed by atoms with Crippen LogP contribution in [-0.2, 0) is 0 Å². The molecule has 0 aliphatic rings. The molecule has 0 aromatic rings. The van der Waals surface area contributed by atoms with Gasteiger partial charge in [0.2, 0.25) is 0 Å². The van der Waals surface area contributed by atoms with Gasteiger partial charge in [-0.3, -0.25) is 0 Å². The van der Waals surface area contributed by atoms with Gasteiger partial charge < -0.3 is 0 Å². The van der Waals surface area contributed by atoms with Gasteiger partial charge >= 0.3 is 0 Å². The molecule has 0 aromatic heterocycles. The molecule has 36 valence electrons. The van der Waals surface area contributed by atoms with E-state index in [2.05, 4.69) is 31.9 Å². The van der Waals surface area contributed by atoms with Crippen molar-refractivity contribution in [1.29, 1.82) is 0 Å². The zero-order valence-corrected chi connectivity index (χ0v) is 6.71. The third kappa shape index (κ3) is 2.91. The van der Waals surface area contributed by atoms with Crippen LogP contribution < -0.4 is 0 Å². The van der Waals surface area contributed by atoms with Crippen molar-refractivity contribution in [3.05, 3.63) is 10.6 Å². The predicted octanol–water partition coefficient (Wildman–Crippen LogP) is 2.68. The van der Waals surface area contributed by atoms with E-state index in [0.717, 1.165) is 5.33 Å². The van der Waals surface area contributed by atoms with Gasteiger partial charge in [0, 0.05) is 5.33 Å². The van der Waals surface area contributed by atoms with E-state index in [1.165, 1.54) is 5.57 Å². The van der Waals surface area contributed by atoms with Crippen LogP contribution >= 0.6 is 31.9 Å². The average Bonchev–Trinajstić information content (AvgIpc) is 1.65. The highest BCUT2D eigenvalue weighted by Gasteiger charge is 1.76. The lowest BCUT2D eigenvalue weighted by atomic mass is 10.4. The monoisotopic (exact) mass is 212 g/mol. The highest BCUT2D eigenvalue weighted by atomic mass is 79.9. The smallest absolute Gasteiger partial charge is 0.0247 e. The van der Waals surface area contributed by atoms with E-state index in [-0.39, 0.29) is 0 Å². The minimum absolute atomic E-state index is 0.957. The summed E-state index contributed by atoms with van der Waals surface area (Å²) in [5, 5.41) is 0.957. The van der Waals surface area contributed by atoms with E-state index in [9.17, 15) is 0 Å². The Morgan fingerprint density at radius 2 is 2.33 bits per heavy atom. The summed E-state index contributed by atoms with van der Waals surface area (Å²) >= 11 is 6.46. The van der Waals surface area contributed by atoms with Crippen LogP contribution in [0, 0.1) is 0 Å². The standard InChI is InChI=1S/C4H6Br2/c1-4(2-5)3-6/h2H,3H2,1H3/b4-2+. The molecule has 0 fully saturated rings. The lowest BCUT2D eigenvalue weighted by Gasteiger charge is -1.82. The van der Waals surface area contributed by atoms with Gasteiger partial charge in [0.15, 0.2) is 0 Å². The fraction of sp³-hybridized carbons (Fsp3) is 0.500. The molecule has 2 heteroatoms. The summed E-state index contributed by atoms with van der Waals surface area (Å²) in [6.45, 7) is 2.05. The fourth-order valence-corrected chi connectivity index (χ4v) is 0.787. The van der Waals surface area contributed by atoms with Crippen LogP contribution in [0.1, 0.15) is 6.92 Å². The molecule has 0 bridgehead atoms. The van der Waals surface area contributed by atoms with Crippen molar-refractivity contribution in [3.63, 3.8) is 0 Å². The van der Waals surface area contributed by atoms with E-state index in [1.54, 1.807) is 0 Å². The van der Waals surface area contributed by atoms with Crippen molar-refractivity contribution in [3.8, 4) is 0 Å². The number of halogens is 2. The topological polar surface area (TPSA) is 0 Å². The van der Waals surface area contributed by atoms with E-state index < -0.39 is 0 Å². The second kappa shape index (κ2) is 3.88. The summed E-state index contributed by atoms with van der Waals surface area (Å²) in [7, 11) is 0. The van der Waals surface area contributed by atoms with Crippen LogP contribution in [0.15, 0.2) is 10.6 Å². The van der Waals surface area contributed by atoms with Crippen LogP contribution in [0.3, 0.4) is 0 Å². The molecule has 0 heterocycles. The van der Waals surface area contributed by atoms with Crippen molar-refractivity contribution in [1.82, 2.24) is 0 Å². The van der Waals surface area contributed by atoms with Gasteiger partial charge in [-0.15, -0.1) is 0 Å². The van der Waals surface area contributed by atoms with Crippen molar-refractivity contribution < 1.29 is 0 Å². The predicted molar refractivity (Wildman–Crippen MR) is 36.5 cm³/mol. The third-order valence-corrected chi connectivity index (χ3v) is 2.06. The van der Waals surface area contributed by atoms with E-state index >= 15 is 0 Å². The first-order valence-corrected chi connectivity index (χ1v) is 3.66. The molecule has 0 aromatic carbocycles. The number of hydrogen-bond donors (Lipinski definition) is 0. The van der Waals surface area contributed by atoms with Crippen LogP contribution in [0.5, 0.6) is 0 Å². The van der Waals surface area contributed by atoms with Gasteiger partial charge in [-0.2, -0.15) is 0 Å². The fourth-order valence-electron chi connectivity index (χ4n) is 0.0292. The molecule has 6 heavy (non-hydrogen) atoms. The lowest BCUT2D eigenvalue weighted by Crippen LogP contribution is -1.67. The molecule has 0 amide bonds. The summed E-state index contributed by atoms with van der Waals surface area (Å²) in [5.74, 6) is 0. The summed E-state index contributed by atoms with van der Waals surface area (Å²) < 4.78 is 0. The zero-order chi connectivity index (χ0) is 4.99. The quantitative estimate of drug-likeness (QED) is 0.588. The zero-order valence-electron chi connectivity index (χ0n) is 3.54. The first kappa shape index (κ1) is 6.70. The Hall–Kier alpha value is 0.700. The first-order chi connectivity index (χ1) is 2.81. The minimum Gasteiger partial charge on any atom is -0.0880 e. The molecule has 0 saturated carbocycles. The van der Waals surface area contributed by atoms with Gasteiger partial charge in [0.05, 0.1) is 0 Å². The van der Waals surface area contributed by atoms with Crippen LogP contribution in [0.2, 0.25) is 0 Å². The molecule has 0 spiro atoms. The molecule has 0 atom stereocenters. The molecule has 0 aliphatic carbocycles. The average molecular weight is 214 g/mol. The Kier molecular flexibility index (Phi) is 4.33. The highest BCUT2D eigenvalue weighted by molar-refractivity contribution is 9.11. The van der Waals surface area contributed by atoms with Gasteiger partial charge in [-0.05, 0) is 11.9 Å². The first-order valence-electron chi connectivity index (χ1n) is 1.63. The number of rotatable bonds is 1. The Balaban J connectivity index is 3.22. The summed E-state index contributed by atoms with van der Waals surface area (Å²) in [6, 6.07) is 0. The molecule has 0 rings (SSSR count). The van der Waals surface area contributed by atoms with Crippen molar-refractivity contribution in [2.45, 2.75) is 6.92 Å². The lowest BCUT2D eigenvalue weighted by molar-refractivity contribution is 1.45. The third-order valence-electron chi connectivity index (χ3n) is 0.397. The Labute approximate surface area is 54.9 Å². The largest absolute Gasteiger partial charge is 0.0880 e. The van der Waals surface area contributed by atoms with Gasteiger partial charge in [-0.25, -0.2) is 0 Å². The van der Waals surface area contributed by atoms with Crippen molar-refractivity contribution >= 4 is 31.9 Å². The Morgan fingerprint density at radius 3 is 2.33 bits per heavy atom. The molecule has 0 N–H and O–H groups in total. The number of hydrogen-bond acceptors (Lipinski definition) is 0. The Bertz CT molecular complexity index is 56.6. The normalized spacial score (nSPS) is 12.2. The van der Waals surface area contributed by atoms with Crippen molar-refractivity contribution in [2.75, 3.05) is 5.33 Å². The SMILES string of the molecule is C/C(=C\Br)CBr. The molecular weight excluding hydrogens is 208 g/mol. The second-order valence-electron chi connectivity index (χ2n) is 1.09. The van der Waals surface area contributed by atoms with E-state index in [1.807, 2.05) is 11.9 Å². The number of alkyl halides is 1. The Morgan fingerprint density at radius 1 is 1.83 bits per heavy atom. The molecular formula is C4H6Br2. The van der Waals surface area contributed by atoms with Crippen LogP contribution in [-0.4, -0.2) is 5.33 Å². The van der Waals surface area contributed by atoms with Crippen LogP contribution in [0.25, 0.3) is 0 Å². The maximum atomic E-state index is 3.28. The summed E-state index contributed by atoms with van der Waals surface area (Å²) in [4.78, 5) is 1.90. The molecule has 0 unspecified atom stereocenters. The van der Waals surface area contributed by atoms with E-state index in [0.29, 0.717) is 0 Å². The molecule has 0 saturated heterocycles.